The minimum absolute atomic E-state index is 0.230. The highest BCUT2D eigenvalue weighted by atomic mass is 32.2. The van der Waals surface area contributed by atoms with E-state index in [-0.39, 0.29) is 5.82 Å². The van der Waals surface area contributed by atoms with Crippen LogP contribution in [0.1, 0.15) is 5.56 Å². The monoisotopic (exact) mass is 248 g/mol. The fourth-order valence-corrected chi connectivity index (χ4v) is 2.46. The maximum Gasteiger partial charge on any atom is 0.124 e. The van der Waals surface area contributed by atoms with Gasteiger partial charge in [-0.2, -0.15) is 0 Å². The molecule has 1 heterocycles. The van der Waals surface area contributed by atoms with Crippen molar-refractivity contribution in [2.24, 2.45) is 5.73 Å². The molecule has 0 saturated heterocycles. The molecule has 0 aliphatic carbocycles. The van der Waals surface area contributed by atoms with Crippen molar-refractivity contribution in [3.05, 3.63) is 54.0 Å². The summed E-state index contributed by atoms with van der Waals surface area (Å²) in [6.45, 7) is 0.586. The molecule has 1 aromatic heterocycles. The van der Waals surface area contributed by atoms with Gasteiger partial charge in [-0.15, -0.1) is 0 Å². The number of hydrogen-bond acceptors (Lipinski definition) is 3. The Balaban J connectivity index is 2.23. The first-order chi connectivity index (χ1) is 8.29. The van der Waals surface area contributed by atoms with Gasteiger partial charge < -0.3 is 5.73 Å². The third kappa shape index (κ3) is 3.28. The SMILES string of the molecule is NCCc1cccnc1Sc1cccc(F)c1. The highest BCUT2D eigenvalue weighted by Crippen LogP contribution is 2.28. The van der Waals surface area contributed by atoms with E-state index in [1.165, 1.54) is 23.9 Å². The summed E-state index contributed by atoms with van der Waals surface area (Å²) in [7, 11) is 0. The molecule has 0 aliphatic heterocycles. The Labute approximate surface area is 104 Å². The van der Waals surface area contributed by atoms with Gasteiger partial charge in [0.25, 0.3) is 0 Å². The normalized spacial score (nSPS) is 10.5. The van der Waals surface area contributed by atoms with E-state index >= 15 is 0 Å². The van der Waals surface area contributed by atoms with Crippen LogP contribution in [0.4, 0.5) is 4.39 Å². The van der Waals surface area contributed by atoms with E-state index in [2.05, 4.69) is 4.98 Å². The van der Waals surface area contributed by atoms with Gasteiger partial charge in [0.05, 0.1) is 0 Å². The average Bonchev–Trinajstić information content (AvgIpc) is 2.32. The summed E-state index contributed by atoms with van der Waals surface area (Å²) in [5.41, 5.74) is 6.65. The summed E-state index contributed by atoms with van der Waals surface area (Å²) in [6, 6.07) is 10.4. The number of rotatable bonds is 4. The Morgan fingerprint density at radius 1 is 1.24 bits per heavy atom. The lowest BCUT2D eigenvalue weighted by Gasteiger charge is -2.06. The Hall–Kier alpha value is -1.39. The van der Waals surface area contributed by atoms with Gasteiger partial charge in [-0.05, 0) is 42.8 Å². The fourth-order valence-electron chi connectivity index (χ4n) is 1.50. The van der Waals surface area contributed by atoms with Crippen LogP contribution in [0, 0.1) is 5.82 Å². The third-order valence-corrected chi connectivity index (χ3v) is 3.32. The lowest BCUT2D eigenvalue weighted by molar-refractivity contribution is 0.624. The zero-order valence-corrected chi connectivity index (χ0v) is 10.1. The Bertz CT molecular complexity index is 502. The first kappa shape index (κ1) is 12.1. The van der Waals surface area contributed by atoms with Gasteiger partial charge in [0.2, 0.25) is 0 Å². The van der Waals surface area contributed by atoms with E-state index in [1.807, 2.05) is 18.2 Å². The predicted octanol–water partition coefficient (Wildman–Crippen LogP) is 2.87. The van der Waals surface area contributed by atoms with Crippen LogP contribution in [0.25, 0.3) is 0 Å². The topological polar surface area (TPSA) is 38.9 Å². The molecule has 0 radical (unpaired) electrons. The van der Waals surface area contributed by atoms with Crippen molar-refractivity contribution < 1.29 is 4.39 Å². The second kappa shape index (κ2) is 5.80. The zero-order valence-electron chi connectivity index (χ0n) is 9.27. The number of halogens is 1. The lowest BCUT2D eigenvalue weighted by Crippen LogP contribution is -2.04. The Kier molecular flexibility index (Phi) is 4.12. The van der Waals surface area contributed by atoms with E-state index in [9.17, 15) is 4.39 Å². The van der Waals surface area contributed by atoms with Crippen LogP contribution in [0.2, 0.25) is 0 Å². The quantitative estimate of drug-likeness (QED) is 0.904. The summed E-state index contributed by atoms with van der Waals surface area (Å²) >= 11 is 1.46. The van der Waals surface area contributed by atoms with Crippen LogP contribution >= 0.6 is 11.8 Å². The highest BCUT2D eigenvalue weighted by molar-refractivity contribution is 7.99. The van der Waals surface area contributed by atoms with Crippen LogP contribution < -0.4 is 5.73 Å². The molecule has 0 saturated carbocycles. The summed E-state index contributed by atoms with van der Waals surface area (Å²) in [5, 5.41) is 0.892. The molecule has 0 unspecified atom stereocenters. The molecular formula is C13H13FN2S. The smallest absolute Gasteiger partial charge is 0.124 e. The molecule has 4 heteroatoms. The van der Waals surface area contributed by atoms with Crippen molar-refractivity contribution in [3.8, 4) is 0 Å². The van der Waals surface area contributed by atoms with Crippen LogP contribution in [0.3, 0.4) is 0 Å². The number of benzene rings is 1. The van der Waals surface area contributed by atoms with Gasteiger partial charge in [-0.3, -0.25) is 0 Å². The van der Waals surface area contributed by atoms with Crippen molar-refractivity contribution in [3.63, 3.8) is 0 Å². The van der Waals surface area contributed by atoms with Crippen LogP contribution in [0.15, 0.2) is 52.5 Å². The molecule has 0 amide bonds. The number of nitrogens with zero attached hydrogens (tertiary/aromatic N) is 1. The van der Waals surface area contributed by atoms with Gasteiger partial charge in [-0.1, -0.05) is 23.9 Å². The standard InChI is InChI=1S/C13H13FN2S/c14-11-4-1-5-12(9-11)17-13-10(6-7-15)3-2-8-16-13/h1-5,8-9H,6-7,15H2. The second-order valence-corrected chi connectivity index (χ2v) is 4.63. The van der Waals surface area contributed by atoms with Gasteiger partial charge in [0.15, 0.2) is 0 Å². The van der Waals surface area contributed by atoms with Crippen LogP contribution in [-0.2, 0) is 6.42 Å². The van der Waals surface area contributed by atoms with Crippen LogP contribution in [0.5, 0.6) is 0 Å². The summed E-state index contributed by atoms with van der Waals surface area (Å²) in [5.74, 6) is -0.230. The molecule has 0 fully saturated rings. The van der Waals surface area contributed by atoms with E-state index < -0.39 is 0 Å². The van der Waals surface area contributed by atoms with Gasteiger partial charge >= 0.3 is 0 Å². The summed E-state index contributed by atoms with van der Waals surface area (Å²) in [6.07, 6.45) is 2.52. The molecule has 2 aromatic rings. The molecule has 1 aromatic carbocycles. The molecule has 2 rings (SSSR count). The van der Waals surface area contributed by atoms with Gasteiger partial charge in [0, 0.05) is 11.1 Å². The van der Waals surface area contributed by atoms with Crippen molar-refractivity contribution >= 4 is 11.8 Å². The number of pyridine rings is 1. The fraction of sp³-hybridized carbons (Fsp3) is 0.154. The van der Waals surface area contributed by atoms with E-state index in [0.717, 1.165) is 21.9 Å². The average molecular weight is 248 g/mol. The Morgan fingerprint density at radius 2 is 2.12 bits per heavy atom. The highest BCUT2D eigenvalue weighted by Gasteiger charge is 2.05. The molecule has 2 N–H and O–H groups in total. The Morgan fingerprint density at radius 3 is 2.88 bits per heavy atom. The third-order valence-electron chi connectivity index (χ3n) is 2.27. The molecule has 0 spiro atoms. The van der Waals surface area contributed by atoms with Gasteiger partial charge in [-0.25, -0.2) is 9.37 Å². The van der Waals surface area contributed by atoms with Crippen molar-refractivity contribution in [2.45, 2.75) is 16.3 Å². The molecule has 2 nitrogen and oxygen atoms in total. The molecule has 0 atom stereocenters. The van der Waals surface area contributed by atoms with Crippen molar-refractivity contribution in [1.29, 1.82) is 0 Å². The maximum atomic E-state index is 13.1. The maximum absolute atomic E-state index is 13.1. The summed E-state index contributed by atoms with van der Waals surface area (Å²) < 4.78 is 13.1. The van der Waals surface area contributed by atoms with E-state index in [0.29, 0.717) is 6.54 Å². The largest absolute Gasteiger partial charge is 0.330 e. The van der Waals surface area contributed by atoms with Crippen LogP contribution in [-0.4, -0.2) is 11.5 Å². The first-order valence-corrected chi connectivity index (χ1v) is 6.18. The second-order valence-electron chi connectivity index (χ2n) is 3.57. The van der Waals surface area contributed by atoms with Gasteiger partial charge in [0.1, 0.15) is 10.8 Å². The lowest BCUT2D eigenvalue weighted by atomic mass is 10.2. The molecule has 88 valence electrons. The van der Waals surface area contributed by atoms with Crippen molar-refractivity contribution in [1.82, 2.24) is 4.98 Å². The number of nitrogens with two attached hydrogens (primary N) is 1. The molecule has 0 bridgehead atoms. The number of hydrogen-bond donors (Lipinski definition) is 1. The van der Waals surface area contributed by atoms with E-state index in [4.69, 9.17) is 5.73 Å². The van der Waals surface area contributed by atoms with E-state index in [1.54, 1.807) is 12.3 Å². The predicted molar refractivity (Wildman–Crippen MR) is 67.5 cm³/mol. The molecule has 17 heavy (non-hydrogen) atoms. The number of aromatic nitrogens is 1. The van der Waals surface area contributed by atoms with Crippen molar-refractivity contribution in [2.75, 3.05) is 6.54 Å². The minimum Gasteiger partial charge on any atom is -0.330 e. The zero-order chi connectivity index (χ0) is 12.1. The molecule has 0 aliphatic rings. The summed E-state index contributed by atoms with van der Waals surface area (Å²) in [4.78, 5) is 5.16. The molecular weight excluding hydrogens is 235 g/mol. The first-order valence-electron chi connectivity index (χ1n) is 5.37. The minimum atomic E-state index is -0.230.